The van der Waals surface area contributed by atoms with Gasteiger partial charge in [-0.25, -0.2) is 0 Å². The number of thioether (sulfide) groups is 1. The minimum absolute atomic E-state index is 0.262. The average molecular weight is 352 g/mol. The van der Waals surface area contributed by atoms with Crippen molar-refractivity contribution in [3.8, 4) is 11.5 Å². The lowest BCUT2D eigenvalue weighted by molar-refractivity contribution is 0.310. The number of benzene rings is 1. The maximum atomic E-state index is 5.57. The molecule has 1 N–H and O–H groups in total. The Morgan fingerprint density at radius 1 is 1.38 bits per heavy atom. The van der Waals surface area contributed by atoms with Crippen LogP contribution in [0.25, 0.3) is 0 Å². The van der Waals surface area contributed by atoms with Gasteiger partial charge in [-0.1, -0.05) is 6.07 Å². The van der Waals surface area contributed by atoms with Crippen LogP contribution in [0.5, 0.6) is 11.5 Å². The van der Waals surface area contributed by atoms with Crippen LogP contribution < -0.4 is 14.8 Å². The summed E-state index contributed by atoms with van der Waals surface area (Å²) in [6.07, 6.45) is 0. The highest BCUT2D eigenvalue weighted by molar-refractivity contribution is 8.00. The fourth-order valence-corrected chi connectivity index (χ4v) is 3.92. The largest absolute Gasteiger partial charge is 0.493 e. The molecule has 0 unspecified atom stereocenters. The minimum atomic E-state index is 0.262. The fourth-order valence-electron chi connectivity index (χ4n) is 2.81. The van der Waals surface area contributed by atoms with E-state index in [1.165, 1.54) is 0 Å². The smallest absolute Gasteiger partial charge is 0.193 e. The van der Waals surface area contributed by atoms with Gasteiger partial charge in [-0.15, -0.1) is 0 Å². The van der Waals surface area contributed by atoms with Crippen LogP contribution >= 0.6 is 11.8 Å². The minimum Gasteiger partial charge on any atom is -0.493 e. The summed E-state index contributed by atoms with van der Waals surface area (Å²) in [5.74, 6) is 3.63. The van der Waals surface area contributed by atoms with Crippen molar-refractivity contribution >= 4 is 17.7 Å². The van der Waals surface area contributed by atoms with Crippen LogP contribution in [-0.2, 0) is 6.54 Å². The van der Waals surface area contributed by atoms with Gasteiger partial charge >= 0.3 is 0 Å². The summed E-state index contributed by atoms with van der Waals surface area (Å²) in [4.78, 5) is 6.78. The van der Waals surface area contributed by atoms with Crippen molar-refractivity contribution in [3.63, 3.8) is 0 Å². The van der Waals surface area contributed by atoms with E-state index in [4.69, 9.17) is 9.47 Å². The number of nitrogens with zero attached hydrogens (tertiary/aromatic N) is 2. The van der Waals surface area contributed by atoms with E-state index < -0.39 is 0 Å². The fraction of sp³-hybridized carbons (Fsp3) is 0.611. The summed E-state index contributed by atoms with van der Waals surface area (Å²) >= 11 is 2.02. The molecule has 1 aliphatic rings. The summed E-state index contributed by atoms with van der Waals surface area (Å²) in [7, 11) is 3.51. The first-order valence-corrected chi connectivity index (χ1v) is 9.37. The highest BCUT2D eigenvalue weighted by Gasteiger charge is 2.28. The Morgan fingerprint density at radius 2 is 2.17 bits per heavy atom. The Bertz CT molecular complexity index is 575. The van der Waals surface area contributed by atoms with E-state index in [0.29, 0.717) is 13.2 Å². The normalized spacial score (nSPS) is 17.5. The summed E-state index contributed by atoms with van der Waals surface area (Å²) in [6, 6.07) is 6.04. The van der Waals surface area contributed by atoms with Crippen LogP contribution in [0.4, 0.5) is 0 Å². The Morgan fingerprint density at radius 3 is 2.79 bits per heavy atom. The molecule has 0 atom stereocenters. The Hall–Kier alpha value is -1.56. The molecule has 6 heteroatoms. The van der Waals surface area contributed by atoms with Crippen molar-refractivity contribution < 1.29 is 9.47 Å². The van der Waals surface area contributed by atoms with Gasteiger partial charge < -0.3 is 19.7 Å². The lowest BCUT2D eigenvalue weighted by Crippen LogP contribution is -2.50. The van der Waals surface area contributed by atoms with Gasteiger partial charge in [0.1, 0.15) is 0 Å². The highest BCUT2D eigenvalue weighted by atomic mass is 32.2. The third kappa shape index (κ3) is 4.97. The molecule has 134 valence electrons. The monoisotopic (exact) mass is 351 g/mol. The highest BCUT2D eigenvalue weighted by Crippen LogP contribution is 2.30. The number of hydrogen-bond acceptors (Lipinski definition) is 4. The number of aliphatic imine (C=N–C) groups is 1. The number of rotatable bonds is 5. The molecular weight excluding hydrogens is 322 g/mol. The first-order valence-electron chi connectivity index (χ1n) is 8.38. The summed E-state index contributed by atoms with van der Waals surface area (Å²) in [5.41, 5.74) is 1.14. The van der Waals surface area contributed by atoms with E-state index in [1.54, 1.807) is 7.11 Å². The SMILES string of the molecule is CCOc1ccc(CNC(=NC)N2CCSC(C)(C)C2)cc1OC. The van der Waals surface area contributed by atoms with Crippen LogP contribution in [-0.4, -0.2) is 55.2 Å². The first kappa shape index (κ1) is 18.8. The van der Waals surface area contributed by atoms with Gasteiger partial charge in [-0.05, 0) is 38.5 Å². The predicted octanol–water partition coefficient (Wildman–Crippen LogP) is 3.00. The van der Waals surface area contributed by atoms with Crippen LogP contribution in [0, 0.1) is 0 Å². The van der Waals surface area contributed by atoms with Crippen molar-refractivity contribution in [1.29, 1.82) is 0 Å². The van der Waals surface area contributed by atoms with Gasteiger partial charge in [0.15, 0.2) is 17.5 Å². The molecule has 24 heavy (non-hydrogen) atoms. The molecule has 1 heterocycles. The van der Waals surface area contributed by atoms with Crippen LogP contribution in [0.3, 0.4) is 0 Å². The second kappa shape index (κ2) is 8.51. The second-order valence-electron chi connectivity index (χ2n) is 6.35. The molecule has 0 aliphatic carbocycles. The molecule has 1 aromatic rings. The maximum Gasteiger partial charge on any atom is 0.193 e. The van der Waals surface area contributed by atoms with E-state index in [0.717, 1.165) is 41.9 Å². The Kier molecular flexibility index (Phi) is 6.66. The number of hydrogen-bond donors (Lipinski definition) is 1. The Balaban J connectivity index is 2.00. The molecule has 5 nitrogen and oxygen atoms in total. The van der Waals surface area contributed by atoms with Crippen LogP contribution in [0.2, 0.25) is 0 Å². The third-order valence-electron chi connectivity index (χ3n) is 3.92. The van der Waals surface area contributed by atoms with Gasteiger partial charge in [-0.2, -0.15) is 11.8 Å². The zero-order chi connectivity index (χ0) is 17.6. The molecule has 0 amide bonds. The molecule has 0 radical (unpaired) electrons. The molecule has 0 aromatic heterocycles. The molecule has 0 spiro atoms. The predicted molar refractivity (Wildman–Crippen MR) is 102 cm³/mol. The zero-order valence-corrected chi connectivity index (χ0v) is 16.2. The first-order chi connectivity index (χ1) is 11.5. The average Bonchev–Trinajstić information content (AvgIpc) is 2.56. The van der Waals surface area contributed by atoms with E-state index in [-0.39, 0.29) is 4.75 Å². The standard InChI is InChI=1S/C18H29N3O2S/c1-6-23-15-8-7-14(11-16(15)22-5)12-20-17(19-4)21-9-10-24-18(2,3)13-21/h7-8,11H,6,9-10,12-13H2,1-5H3,(H,19,20). The van der Waals surface area contributed by atoms with Gasteiger partial charge in [0.25, 0.3) is 0 Å². The lowest BCUT2D eigenvalue weighted by atomic mass is 10.2. The van der Waals surface area contributed by atoms with Gasteiger partial charge in [0.2, 0.25) is 0 Å². The molecule has 1 aliphatic heterocycles. The lowest BCUT2D eigenvalue weighted by Gasteiger charge is -2.39. The van der Waals surface area contributed by atoms with E-state index in [1.807, 2.05) is 37.9 Å². The van der Waals surface area contributed by atoms with Crippen molar-refractivity contribution in [3.05, 3.63) is 23.8 Å². The topological polar surface area (TPSA) is 46.1 Å². The molecule has 1 fully saturated rings. The quantitative estimate of drug-likeness (QED) is 0.653. The molecule has 1 aromatic carbocycles. The summed E-state index contributed by atoms with van der Waals surface area (Å²) in [5, 5.41) is 3.47. The van der Waals surface area contributed by atoms with E-state index in [2.05, 4.69) is 35.1 Å². The summed E-state index contributed by atoms with van der Waals surface area (Å²) < 4.78 is 11.2. The summed E-state index contributed by atoms with van der Waals surface area (Å²) in [6.45, 7) is 9.91. The maximum absolute atomic E-state index is 5.57. The molecule has 0 bridgehead atoms. The molecular formula is C18H29N3O2S. The third-order valence-corrected chi connectivity index (χ3v) is 5.21. The van der Waals surface area contributed by atoms with Crippen molar-refractivity contribution in [2.24, 2.45) is 4.99 Å². The van der Waals surface area contributed by atoms with Crippen LogP contribution in [0.1, 0.15) is 26.3 Å². The molecule has 2 rings (SSSR count). The molecule has 1 saturated heterocycles. The van der Waals surface area contributed by atoms with Crippen molar-refractivity contribution in [1.82, 2.24) is 10.2 Å². The number of guanidine groups is 1. The Labute approximate surface area is 149 Å². The van der Waals surface area contributed by atoms with Crippen molar-refractivity contribution in [2.45, 2.75) is 32.1 Å². The number of nitrogens with one attached hydrogen (secondary N) is 1. The number of ether oxygens (including phenoxy) is 2. The van der Waals surface area contributed by atoms with E-state index >= 15 is 0 Å². The second-order valence-corrected chi connectivity index (χ2v) is 8.15. The van der Waals surface area contributed by atoms with Gasteiger partial charge in [-0.3, -0.25) is 4.99 Å². The zero-order valence-electron chi connectivity index (χ0n) is 15.4. The van der Waals surface area contributed by atoms with Crippen molar-refractivity contribution in [2.75, 3.05) is 39.6 Å². The molecule has 0 saturated carbocycles. The van der Waals surface area contributed by atoms with E-state index in [9.17, 15) is 0 Å². The van der Waals surface area contributed by atoms with Crippen LogP contribution in [0.15, 0.2) is 23.2 Å². The number of methoxy groups -OCH3 is 1. The van der Waals surface area contributed by atoms with Gasteiger partial charge in [0.05, 0.1) is 13.7 Å². The van der Waals surface area contributed by atoms with Gasteiger partial charge in [0, 0.05) is 37.2 Å².